The van der Waals surface area contributed by atoms with E-state index in [0.29, 0.717) is 12.6 Å². The molecule has 0 fully saturated rings. The van der Waals surface area contributed by atoms with E-state index in [-0.39, 0.29) is 18.2 Å². The van der Waals surface area contributed by atoms with Crippen LogP contribution in [0.5, 0.6) is 0 Å². The Morgan fingerprint density at radius 3 is 1.62 bits per heavy atom. The molecule has 2 atom stereocenters. The molecule has 20 heteroatoms. The number of halogens is 13. The summed E-state index contributed by atoms with van der Waals surface area (Å²) in [6, 6.07) is 0.451. The van der Waals surface area contributed by atoms with Gasteiger partial charge in [-0.15, -0.1) is 0 Å². The Bertz CT molecular complexity index is 958. The van der Waals surface area contributed by atoms with Gasteiger partial charge in [0, 0.05) is 18.2 Å². The normalized spacial score (nSPS) is 14.8. The van der Waals surface area contributed by atoms with Crippen molar-refractivity contribution in [3.05, 3.63) is 47.5 Å². The second kappa shape index (κ2) is 17.3. The first-order valence-electron chi connectivity index (χ1n) is 10.1. The summed E-state index contributed by atoms with van der Waals surface area (Å²) >= 11 is 33.3. The molecule has 0 aromatic heterocycles. The maximum Gasteiger partial charge on any atom is 0.454 e. The van der Waals surface area contributed by atoms with Gasteiger partial charge in [0.2, 0.25) is 34.2 Å². The van der Waals surface area contributed by atoms with Crippen LogP contribution in [-0.4, -0.2) is 56.1 Å². The molecule has 0 aromatic rings. The van der Waals surface area contributed by atoms with E-state index < -0.39 is 67.2 Å². The lowest BCUT2D eigenvalue weighted by Crippen LogP contribution is -2.27. The molecule has 0 N–H and O–H groups in total. The highest BCUT2D eigenvalue weighted by Crippen LogP contribution is 2.37. The van der Waals surface area contributed by atoms with E-state index in [1.807, 2.05) is 0 Å². The van der Waals surface area contributed by atoms with Gasteiger partial charge in [-0.1, -0.05) is 76.2 Å². The van der Waals surface area contributed by atoms with Crippen molar-refractivity contribution in [2.24, 2.45) is 0 Å². The number of carbonyl (C=O) groups excluding carboxylic acids is 2. The van der Waals surface area contributed by atoms with Gasteiger partial charge in [0.05, 0.1) is 5.83 Å². The molecule has 2 unspecified atom stereocenters. The van der Waals surface area contributed by atoms with Crippen molar-refractivity contribution >= 4 is 99.3 Å². The number of hydrogen-bond donors (Lipinski definition) is 0. The molecule has 0 spiro atoms. The van der Waals surface area contributed by atoms with Crippen LogP contribution in [0, 0.1) is 6.57 Å². The van der Waals surface area contributed by atoms with Crippen molar-refractivity contribution in [2.75, 3.05) is 6.54 Å². The smallest absolute Gasteiger partial charge is 0.454 e. The molecule has 0 heterocycles. The lowest BCUT2D eigenvalue weighted by atomic mass is 10.3. The van der Waals surface area contributed by atoms with Crippen LogP contribution in [0.4, 0.5) is 30.7 Å². The van der Waals surface area contributed by atoms with Crippen LogP contribution in [0.25, 0.3) is 4.85 Å². The number of nitrogens with zero attached hydrogens (tertiary/aromatic N) is 1. The fourth-order valence-corrected chi connectivity index (χ4v) is 5.37. The van der Waals surface area contributed by atoms with E-state index in [1.165, 1.54) is 6.55 Å². The van der Waals surface area contributed by atoms with Crippen LogP contribution < -0.4 is 0 Å². The Morgan fingerprint density at radius 2 is 1.26 bits per heavy atom. The molecule has 224 valence electrons. The Hall–Kier alpha value is -0.666. The number of hydrogen-bond acceptors (Lipinski definition) is 4. The summed E-state index contributed by atoms with van der Waals surface area (Å²) in [6.45, 7) is 12.9. The molecule has 0 saturated carbocycles. The highest BCUT2D eigenvalue weighted by Gasteiger charge is 2.43. The first-order valence-corrected chi connectivity index (χ1v) is 17.3. The lowest BCUT2D eigenvalue weighted by Gasteiger charge is -2.21. The van der Waals surface area contributed by atoms with Gasteiger partial charge in [-0.2, -0.15) is 26.3 Å². The summed E-state index contributed by atoms with van der Waals surface area (Å²) in [5.41, 5.74) is 0. The molecule has 0 aliphatic heterocycles. The molecule has 0 aliphatic carbocycles. The van der Waals surface area contributed by atoms with E-state index in [2.05, 4.69) is 15.8 Å². The predicted molar refractivity (Wildman–Crippen MR) is 143 cm³/mol. The van der Waals surface area contributed by atoms with Gasteiger partial charge in [0.15, 0.2) is 5.76 Å². The molecule has 0 rings (SSSR count). The average Bonchev–Trinajstić information content (AvgIpc) is 2.73. The second-order valence-corrected chi connectivity index (χ2v) is 16.8. The largest absolute Gasteiger partial charge is 0.546 e. The van der Waals surface area contributed by atoms with E-state index in [4.69, 9.17) is 80.6 Å². The van der Waals surface area contributed by atoms with Gasteiger partial charge < -0.3 is 13.7 Å². The van der Waals surface area contributed by atoms with E-state index in [9.17, 15) is 40.3 Å². The quantitative estimate of drug-likeness (QED) is 0.0537. The molecular weight excluding hydrogens is 708 g/mol. The highest BCUT2D eigenvalue weighted by atomic mass is 35.6. The van der Waals surface area contributed by atoms with E-state index in [0.717, 1.165) is 6.08 Å². The number of rotatable bonds is 11. The van der Waals surface area contributed by atoms with Gasteiger partial charge in [-0.05, 0) is 25.6 Å². The van der Waals surface area contributed by atoms with E-state index in [1.54, 1.807) is 6.55 Å². The third-order valence-electron chi connectivity index (χ3n) is 3.77. The summed E-state index contributed by atoms with van der Waals surface area (Å²) in [7, 11) is -4.44. The molecule has 0 amide bonds. The Balaban J connectivity index is 0. The summed E-state index contributed by atoms with van der Waals surface area (Å²) < 4.78 is 91.2. The van der Waals surface area contributed by atoms with Crippen LogP contribution in [0.15, 0.2) is 36.1 Å². The molecule has 0 radical (unpaired) electrons. The van der Waals surface area contributed by atoms with Gasteiger partial charge in [-0.3, -0.25) is 9.59 Å². The Morgan fingerprint density at radius 1 is 0.821 bits per heavy atom. The molecule has 0 aromatic carbocycles. The Labute approximate surface area is 253 Å². The standard InChI is InChI=1S/C10H11F7O2Si.C9H9Cl6NO2Si/c1-6(11)3-4-20(2)19-8(10(15,16)17)5-7(18)9(12,13)14;1-16-3-4-19(2)18-7(9(13,14)15)5-6(17)8(10,11)12/h5,20H,1,3-4H2,2H3;5,19H,3-4H2,2H3. The third kappa shape index (κ3) is 20.0. The molecule has 0 aliphatic rings. The fourth-order valence-electron chi connectivity index (χ4n) is 1.92. The third-order valence-corrected chi connectivity index (χ3v) is 8.37. The van der Waals surface area contributed by atoms with Crippen molar-refractivity contribution in [3.8, 4) is 0 Å². The topological polar surface area (TPSA) is 57.0 Å². The minimum absolute atomic E-state index is 0.0943. The first-order chi connectivity index (χ1) is 17.3. The highest BCUT2D eigenvalue weighted by molar-refractivity contribution is 6.77. The Kier molecular flexibility index (Phi) is 18.0. The fraction of sp³-hybridized carbons (Fsp3) is 0.526. The van der Waals surface area contributed by atoms with Crippen LogP contribution in [-0.2, 0) is 18.4 Å². The molecule has 39 heavy (non-hydrogen) atoms. The molecule has 0 saturated heterocycles. The van der Waals surface area contributed by atoms with Crippen LogP contribution >= 0.6 is 69.6 Å². The predicted octanol–water partition coefficient (Wildman–Crippen LogP) is 8.28. The van der Waals surface area contributed by atoms with Crippen molar-refractivity contribution in [1.29, 1.82) is 0 Å². The van der Waals surface area contributed by atoms with Crippen molar-refractivity contribution in [3.63, 3.8) is 0 Å². The summed E-state index contributed by atoms with van der Waals surface area (Å²) in [6.07, 6.45) is -10.7. The monoisotopic (exact) mass is 725 g/mol. The zero-order valence-electron chi connectivity index (χ0n) is 19.8. The van der Waals surface area contributed by atoms with Gasteiger partial charge in [0.1, 0.15) is 5.76 Å². The number of alkyl halides is 12. The minimum Gasteiger partial charge on any atom is -0.546 e. The second-order valence-electron chi connectivity index (χ2n) is 7.32. The minimum atomic E-state index is -5.42. The summed E-state index contributed by atoms with van der Waals surface area (Å²) in [4.78, 5) is 25.3. The van der Waals surface area contributed by atoms with Gasteiger partial charge in [0.25, 0.3) is 9.58 Å². The van der Waals surface area contributed by atoms with Crippen molar-refractivity contribution in [2.45, 2.75) is 51.5 Å². The maximum atomic E-state index is 12.4. The van der Waals surface area contributed by atoms with Crippen LogP contribution in [0.1, 0.15) is 6.42 Å². The SMILES string of the molecule is C=C(F)CC[SiH](C)OC(=CC(=O)C(F)(F)F)C(F)(F)F.[C-]#[N+]CC[SiH](C)OC(=CC(=O)C(Cl)(Cl)Cl)C(Cl)(Cl)Cl. The molecule has 0 bridgehead atoms. The van der Waals surface area contributed by atoms with Gasteiger partial charge >= 0.3 is 12.4 Å². The summed E-state index contributed by atoms with van der Waals surface area (Å²) in [5.74, 6) is -6.51. The van der Waals surface area contributed by atoms with E-state index >= 15 is 0 Å². The number of allylic oxidation sites excluding steroid dienone is 5. The number of carbonyl (C=O) groups is 2. The zero-order valence-corrected chi connectivity index (χ0v) is 26.7. The number of ketones is 2. The van der Waals surface area contributed by atoms with Gasteiger partial charge in [-0.25, -0.2) is 11.0 Å². The zero-order chi connectivity index (χ0) is 31.4. The van der Waals surface area contributed by atoms with Crippen molar-refractivity contribution < 1.29 is 49.2 Å². The lowest BCUT2D eigenvalue weighted by molar-refractivity contribution is -0.166. The average molecular weight is 728 g/mol. The van der Waals surface area contributed by atoms with Crippen LogP contribution in [0.3, 0.4) is 0 Å². The van der Waals surface area contributed by atoms with Crippen molar-refractivity contribution in [1.82, 2.24) is 0 Å². The maximum absolute atomic E-state index is 12.4. The summed E-state index contributed by atoms with van der Waals surface area (Å²) in [5, 5.41) is 0. The molecular formula is C19H20Cl6F7NO4Si2. The van der Waals surface area contributed by atoms with Crippen LogP contribution in [0.2, 0.25) is 25.2 Å². The molecule has 5 nitrogen and oxygen atoms in total. The first kappa shape index (κ1) is 40.5.